The van der Waals surface area contributed by atoms with E-state index >= 15 is 0 Å². The summed E-state index contributed by atoms with van der Waals surface area (Å²) in [6, 6.07) is 4.15. The molecule has 0 atom stereocenters. The van der Waals surface area contributed by atoms with Gasteiger partial charge in [0.2, 0.25) is 0 Å². The van der Waals surface area contributed by atoms with Crippen molar-refractivity contribution in [1.82, 2.24) is 4.98 Å². The predicted molar refractivity (Wildman–Crippen MR) is 71.1 cm³/mol. The highest BCUT2D eigenvalue weighted by Crippen LogP contribution is 2.17. The van der Waals surface area contributed by atoms with Crippen LogP contribution in [0, 0.1) is 6.92 Å². The second-order valence-corrected chi connectivity index (χ2v) is 4.78. The summed E-state index contributed by atoms with van der Waals surface area (Å²) in [4.78, 5) is 4.27. The van der Waals surface area contributed by atoms with E-state index in [9.17, 15) is 0 Å². The minimum Gasteiger partial charge on any atom is -0.241 e. The number of nitrogens with zero attached hydrogens (tertiary/aromatic N) is 1. The van der Waals surface area contributed by atoms with Crippen molar-refractivity contribution >= 4 is 11.6 Å². The number of hydrogen-bond donors (Lipinski definition) is 0. The molecule has 1 rings (SSSR count). The number of rotatable bonds is 7. The third kappa shape index (κ3) is 4.98. The Balaban J connectivity index is 2.21. The molecule has 0 spiro atoms. The van der Waals surface area contributed by atoms with Crippen molar-refractivity contribution < 1.29 is 0 Å². The lowest BCUT2D eigenvalue weighted by Gasteiger charge is -2.04. The van der Waals surface area contributed by atoms with Crippen molar-refractivity contribution in [2.24, 2.45) is 0 Å². The number of pyridine rings is 1. The minimum atomic E-state index is 0.688. The van der Waals surface area contributed by atoms with Gasteiger partial charge in [-0.1, -0.05) is 56.7 Å². The topological polar surface area (TPSA) is 12.9 Å². The van der Waals surface area contributed by atoms with Gasteiger partial charge in [-0.2, -0.15) is 0 Å². The number of halogens is 1. The fourth-order valence-electron chi connectivity index (χ4n) is 1.84. The minimum absolute atomic E-state index is 0.688. The van der Waals surface area contributed by atoms with Gasteiger partial charge in [-0.25, -0.2) is 4.98 Å². The number of hydrogen-bond acceptors (Lipinski definition) is 1. The molecule has 0 aromatic carbocycles. The van der Waals surface area contributed by atoms with Gasteiger partial charge in [0.15, 0.2) is 0 Å². The van der Waals surface area contributed by atoms with Gasteiger partial charge in [0.1, 0.15) is 5.15 Å². The third-order valence-corrected chi connectivity index (χ3v) is 3.19. The second-order valence-electron chi connectivity index (χ2n) is 4.42. The zero-order valence-corrected chi connectivity index (χ0v) is 11.2. The van der Waals surface area contributed by atoms with Crippen LogP contribution in [0.1, 0.15) is 56.7 Å². The van der Waals surface area contributed by atoms with E-state index in [0.717, 1.165) is 12.1 Å². The predicted octanol–water partition coefficient (Wildman–Crippen LogP) is 4.95. The highest BCUT2D eigenvalue weighted by atomic mass is 35.5. The fourth-order valence-corrected chi connectivity index (χ4v) is 2.13. The van der Waals surface area contributed by atoms with Gasteiger partial charge in [0, 0.05) is 5.69 Å². The molecule has 0 bridgehead atoms. The number of aryl methyl sites for hydroxylation is 2. The first-order valence-electron chi connectivity index (χ1n) is 6.36. The molecular weight excluding hydrogens is 218 g/mol. The van der Waals surface area contributed by atoms with Gasteiger partial charge in [0.05, 0.1) is 0 Å². The van der Waals surface area contributed by atoms with Gasteiger partial charge in [-0.15, -0.1) is 0 Å². The molecule has 0 aliphatic carbocycles. The summed E-state index contributed by atoms with van der Waals surface area (Å²) >= 11 is 6.08. The first-order chi connectivity index (χ1) is 7.74. The Hall–Kier alpha value is -0.560. The van der Waals surface area contributed by atoms with Crippen LogP contribution in [-0.2, 0) is 6.42 Å². The monoisotopic (exact) mass is 239 g/mol. The molecule has 0 N–H and O–H groups in total. The van der Waals surface area contributed by atoms with Crippen LogP contribution < -0.4 is 0 Å². The molecular formula is C14H22ClN. The summed E-state index contributed by atoms with van der Waals surface area (Å²) in [5, 5.41) is 0.688. The standard InChI is InChI=1S/C14H22ClN/c1-3-4-5-6-7-8-9-13-11-10-12(2)16-14(13)15/h10-11H,3-9H2,1-2H3. The maximum Gasteiger partial charge on any atom is 0.132 e. The Morgan fingerprint density at radius 2 is 1.75 bits per heavy atom. The molecule has 1 heterocycles. The molecule has 1 aromatic heterocycles. The van der Waals surface area contributed by atoms with Crippen molar-refractivity contribution in [2.45, 2.75) is 58.8 Å². The van der Waals surface area contributed by atoms with Gasteiger partial charge >= 0.3 is 0 Å². The van der Waals surface area contributed by atoms with Crippen LogP contribution in [0.4, 0.5) is 0 Å². The molecule has 0 saturated carbocycles. The van der Waals surface area contributed by atoms with E-state index in [-0.39, 0.29) is 0 Å². The Kier molecular flexibility index (Phi) is 6.47. The van der Waals surface area contributed by atoms with Crippen LogP contribution in [0.3, 0.4) is 0 Å². The summed E-state index contributed by atoms with van der Waals surface area (Å²) in [5.41, 5.74) is 2.19. The SMILES string of the molecule is CCCCCCCCc1ccc(C)nc1Cl. The lowest BCUT2D eigenvalue weighted by Crippen LogP contribution is -1.91. The van der Waals surface area contributed by atoms with Gasteiger partial charge in [-0.3, -0.25) is 0 Å². The molecule has 1 aromatic rings. The summed E-state index contributed by atoms with van der Waals surface area (Å²) in [6.45, 7) is 4.22. The van der Waals surface area contributed by atoms with Crippen LogP contribution in [0.2, 0.25) is 5.15 Å². The quantitative estimate of drug-likeness (QED) is 0.485. The lowest BCUT2D eigenvalue weighted by atomic mass is 10.1. The molecule has 0 amide bonds. The highest BCUT2D eigenvalue weighted by molar-refractivity contribution is 6.30. The van der Waals surface area contributed by atoms with Crippen molar-refractivity contribution in [3.05, 3.63) is 28.5 Å². The van der Waals surface area contributed by atoms with Crippen molar-refractivity contribution in [3.63, 3.8) is 0 Å². The second kappa shape index (κ2) is 7.67. The molecule has 2 heteroatoms. The van der Waals surface area contributed by atoms with Crippen LogP contribution in [0.5, 0.6) is 0 Å². The van der Waals surface area contributed by atoms with Gasteiger partial charge in [0.25, 0.3) is 0 Å². The Morgan fingerprint density at radius 3 is 2.44 bits per heavy atom. The molecule has 90 valence electrons. The number of unbranched alkanes of at least 4 members (excludes halogenated alkanes) is 5. The largest absolute Gasteiger partial charge is 0.241 e. The smallest absolute Gasteiger partial charge is 0.132 e. The summed E-state index contributed by atoms with van der Waals surface area (Å²) in [7, 11) is 0. The van der Waals surface area contributed by atoms with Crippen molar-refractivity contribution in [3.8, 4) is 0 Å². The van der Waals surface area contributed by atoms with Crippen molar-refractivity contribution in [1.29, 1.82) is 0 Å². The van der Waals surface area contributed by atoms with Crippen LogP contribution in [-0.4, -0.2) is 4.98 Å². The van der Waals surface area contributed by atoms with E-state index < -0.39 is 0 Å². The van der Waals surface area contributed by atoms with E-state index in [0.29, 0.717) is 5.15 Å². The van der Waals surface area contributed by atoms with Crippen LogP contribution in [0.25, 0.3) is 0 Å². The first kappa shape index (κ1) is 13.5. The van der Waals surface area contributed by atoms with Gasteiger partial charge in [-0.05, 0) is 31.4 Å². The molecule has 0 unspecified atom stereocenters. The average Bonchev–Trinajstić information content (AvgIpc) is 2.26. The van der Waals surface area contributed by atoms with Crippen LogP contribution in [0.15, 0.2) is 12.1 Å². The molecule has 0 aliphatic rings. The molecule has 1 nitrogen and oxygen atoms in total. The Labute approximate surface area is 104 Å². The Morgan fingerprint density at radius 1 is 1.06 bits per heavy atom. The zero-order chi connectivity index (χ0) is 11.8. The molecule has 16 heavy (non-hydrogen) atoms. The van der Waals surface area contributed by atoms with E-state index in [4.69, 9.17) is 11.6 Å². The normalized spacial score (nSPS) is 10.7. The fraction of sp³-hybridized carbons (Fsp3) is 0.643. The van der Waals surface area contributed by atoms with Gasteiger partial charge < -0.3 is 0 Å². The third-order valence-electron chi connectivity index (χ3n) is 2.86. The van der Waals surface area contributed by atoms with E-state index in [2.05, 4.69) is 18.0 Å². The zero-order valence-electron chi connectivity index (χ0n) is 10.4. The highest BCUT2D eigenvalue weighted by Gasteiger charge is 2.01. The number of aromatic nitrogens is 1. The van der Waals surface area contributed by atoms with Crippen molar-refractivity contribution in [2.75, 3.05) is 0 Å². The summed E-state index contributed by atoms with van der Waals surface area (Å²) in [5.74, 6) is 0. The maximum atomic E-state index is 6.08. The molecule has 0 saturated heterocycles. The summed E-state index contributed by atoms with van der Waals surface area (Å²) < 4.78 is 0. The summed E-state index contributed by atoms with van der Waals surface area (Å²) in [6.07, 6.45) is 9.01. The Bertz CT molecular complexity index is 310. The molecule has 0 fully saturated rings. The maximum absolute atomic E-state index is 6.08. The average molecular weight is 240 g/mol. The molecule has 0 aliphatic heterocycles. The van der Waals surface area contributed by atoms with E-state index in [1.54, 1.807) is 0 Å². The van der Waals surface area contributed by atoms with E-state index in [1.807, 2.05) is 13.0 Å². The first-order valence-corrected chi connectivity index (χ1v) is 6.74. The van der Waals surface area contributed by atoms with E-state index in [1.165, 1.54) is 44.1 Å². The molecule has 0 radical (unpaired) electrons. The van der Waals surface area contributed by atoms with Crippen LogP contribution >= 0.6 is 11.6 Å². The lowest BCUT2D eigenvalue weighted by molar-refractivity contribution is 0.607.